The number of fused-ring (bicyclic) bond motifs is 2. The van der Waals surface area contributed by atoms with Gasteiger partial charge in [0.25, 0.3) is 0 Å². The molecule has 6 aromatic rings. The van der Waals surface area contributed by atoms with E-state index in [0.29, 0.717) is 46.2 Å². The average molecular weight is 607 g/mol. The molecule has 42 heavy (non-hydrogen) atoms. The van der Waals surface area contributed by atoms with Gasteiger partial charge < -0.3 is 33.9 Å². The van der Waals surface area contributed by atoms with Gasteiger partial charge in [0.1, 0.15) is 5.75 Å². The number of benzene rings is 4. The second kappa shape index (κ2) is 13.4. The van der Waals surface area contributed by atoms with Gasteiger partial charge in [-0.3, -0.25) is 0 Å². The first-order valence-corrected chi connectivity index (χ1v) is 13.7. The Morgan fingerprint density at radius 1 is 0.619 bits per heavy atom. The van der Waals surface area contributed by atoms with Crippen LogP contribution < -0.4 is 24.8 Å². The van der Waals surface area contributed by atoms with Gasteiger partial charge in [0.15, 0.2) is 34.3 Å². The molecular weight excluding hydrogens is 579 g/mol. The fourth-order valence-corrected chi connectivity index (χ4v) is 4.59. The predicted molar refractivity (Wildman–Crippen MR) is 165 cm³/mol. The third-order valence-electron chi connectivity index (χ3n) is 6.43. The maximum atomic E-state index is 5.98. The van der Waals surface area contributed by atoms with Crippen molar-refractivity contribution in [1.82, 2.24) is 10.3 Å². The summed E-state index contributed by atoms with van der Waals surface area (Å²) in [6.45, 7) is 1.12. The molecule has 0 aliphatic heterocycles. The number of anilines is 2. The number of hydrogen-bond acceptors (Lipinski definition) is 9. The van der Waals surface area contributed by atoms with Crippen LogP contribution in [0.3, 0.4) is 0 Å². The highest BCUT2D eigenvalue weighted by Gasteiger charge is 2.13. The third kappa shape index (κ3) is 6.48. The van der Waals surface area contributed by atoms with Crippen LogP contribution in [0.5, 0.6) is 17.2 Å². The predicted octanol–water partition coefficient (Wildman–Crippen LogP) is 8.21. The Hall–Kier alpha value is -4.60. The smallest absolute Gasteiger partial charge is 0.177 e. The number of rotatable bonds is 9. The van der Waals surface area contributed by atoms with Crippen LogP contribution in [0.25, 0.3) is 21.9 Å². The van der Waals surface area contributed by atoms with Gasteiger partial charge >= 0.3 is 0 Å². The summed E-state index contributed by atoms with van der Waals surface area (Å²) >= 11 is 11.9. The largest absolute Gasteiger partial charge is 0.496 e. The van der Waals surface area contributed by atoms with E-state index in [1.807, 2.05) is 66.7 Å². The molecule has 0 unspecified atom stereocenters. The van der Waals surface area contributed by atoms with Crippen molar-refractivity contribution >= 4 is 56.8 Å². The number of ether oxygens (including phenoxy) is 3. The highest BCUT2D eigenvalue weighted by Crippen LogP contribution is 2.35. The van der Waals surface area contributed by atoms with Crippen LogP contribution in [0, 0.1) is 0 Å². The third-order valence-corrected chi connectivity index (χ3v) is 7.17. The molecule has 216 valence electrons. The molecule has 0 aliphatic rings. The first kappa shape index (κ1) is 28.9. The van der Waals surface area contributed by atoms with E-state index in [4.69, 9.17) is 46.5 Å². The Bertz CT molecular complexity index is 1800. The molecule has 0 aliphatic carbocycles. The highest BCUT2D eigenvalue weighted by molar-refractivity contribution is 6.42. The molecule has 4 aromatic carbocycles. The first-order chi connectivity index (χ1) is 20.5. The van der Waals surface area contributed by atoms with Crippen LogP contribution in [0.15, 0.2) is 87.9 Å². The SMILES string of the molecule is COc1cc(OC)c(OC)cc1CNc1noc2ccccc12.Clc1ccc(CNc2noc3ccccc23)cc1Cl. The van der Waals surface area contributed by atoms with Crippen LogP contribution >= 0.6 is 23.2 Å². The molecule has 6 rings (SSSR count). The molecule has 11 heteroatoms. The van der Waals surface area contributed by atoms with Gasteiger partial charge in [0.2, 0.25) is 0 Å². The standard InChI is InChI=1S/C17H18N2O4.C14H10Cl2N2O/c1-20-14-9-16(22-3)15(21-2)8-11(14)10-18-17-12-6-4-5-7-13(12)23-19-17;15-11-6-5-9(7-12(11)16)8-17-14-10-3-1-2-4-13(10)19-18-14/h4-9H,10H2,1-3H3,(H,18,19);1-7H,8H2,(H,17,18). The van der Waals surface area contributed by atoms with Gasteiger partial charge in [-0.2, -0.15) is 0 Å². The van der Waals surface area contributed by atoms with Gasteiger partial charge in [0, 0.05) is 24.7 Å². The minimum atomic E-state index is 0.514. The zero-order valence-electron chi connectivity index (χ0n) is 23.1. The second-order valence-electron chi connectivity index (χ2n) is 9.03. The number of aromatic nitrogens is 2. The molecule has 2 heterocycles. The second-order valence-corrected chi connectivity index (χ2v) is 9.84. The minimum absolute atomic E-state index is 0.514. The molecule has 9 nitrogen and oxygen atoms in total. The lowest BCUT2D eigenvalue weighted by Crippen LogP contribution is -2.03. The van der Waals surface area contributed by atoms with Crippen molar-refractivity contribution in [2.45, 2.75) is 13.1 Å². The normalized spacial score (nSPS) is 10.7. The van der Waals surface area contributed by atoms with E-state index < -0.39 is 0 Å². The number of hydrogen-bond donors (Lipinski definition) is 2. The van der Waals surface area contributed by atoms with Crippen LogP contribution in [-0.4, -0.2) is 31.6 Å². The molecule has 0 saturated heterocycles. The van der Waals surface area contributed by atoms with E-state index in [0.717, 1.165) is 38.9 Å². The molecule has 2 N–H and O–H groups in total. The number of nitrogens with zero attached hydrogens (tertiary/aromatic N) is 2. The summed E-state index contributed by atoms with van der Waals surface area (Å²) in [7, 11) is 4.82. The lowest BCUT2D eigenvalue weighted by Gasteiger charge is -2.14. The summed E-state index contributed by atoms with van der Waals surface area (Å²) in [5, 5.41) is 17.6. The van der Waals surface area contributed by atoms with E-state index in [1.165, 1.54) is 0 Å². The molecule has 0 saturated carbocycles. The van der Waals surface area contributed by atoms with E-state index in [1.54, 1.807) is 33.5 Å². The Morgan fingerprint density at radius 3 is 1.74 bits per heavy atom. The minimum Gasteiger partial charge on any atom is -0.496 e. The molecule has 2 aromatic heterocycles. The number of methoxy groups -OCH3 is 3. The van der Waals surface area contributed by atoms with Crippen molar-refractivity contribution in [3.63, 3.8) is 0 Å². The van der Waals surface area contributed by atoms with Gasteiger partial charge in [-0.15, -0.1) is 0 Å². The summed E-state index contributed by atoms with van der Waals surface area (Å²) in [4.78, 5) is 0. The molecular formula is C31H28Cl2N4O5. The van der Waals surface area contributed by atoms with Crippen molar-refractivity contribution in [3.05, 3.63) is 100 Å². The van der Waals surface area contributed by atoms with Crippen LogP contribution in [0.1, 0.15) is 11.1 Å². The fourth-order valence-electron chi connectivity index (χ4n) is 4.27. The summed E-state index contributed by atoms with van der Waals surface area (Å²) in [6.07, 6.45) is 0. The number of halogens is 2. The summed E-state index contributed by atoms with van der Waals surface area (Å²) in [6, 6.07) is 24.6. The van der Waals surface area contributed by atoms with Crippen molar-refractivity contribution in [3.8, 4) is 17.2 Å². The van der Waals surface area contributed by atoms with E-state index in [9.17, 15) is 0 Å². The molecule has 0 fully saturated rings. The summed E-state index contributed by atoms with van der Waals surface area (Å²) < 4.78 is 26.6. The Morgan fingerprint density at radius 2 is 1.17 bits per heavy atom. The fraction of sp³-hybridized carbons (Fsp3) is 0.161. The monoisotopic (exact) mass is 606 g/mol. The Balaban J connectivity index is 0.000000171. The van der Waals surface area contributed by atoms with Gasteiger partial charge in [-0.05, 0) is 48.0 Å². The van der Waals surface area contributed by atoms with E-state index in [2.05, 4.69) is 20.9 Å². The van der Waals surface area contributed by atoms with Crippen molar-refractivity contribution in [2.75, 3.05) is 32.0 Å². The average Bonchev–Trinajstić information content (AvgIpc) is 3.64. The number of para-hydroxylation sites is 2. The Labute approximate surface area is 252 Å². The summed E-state index contributed by atoms with van der Waals surface area (Å²) in [5.41, 5.74) is 3.46. The first-order valence-electron chi connectivity index (χ1n) is 12.9. The van der Waals surface area contributed by atoms with Crippen LogP contribution in [-0.2, 0) is 13.1 Å². The van der Waals surface area contributed by atoms with Crippen molar-refractivity contribution in [1.29, 1.82) is 0 Å². The van der Waals surface area contributed by atoms with Crippen molar-refractivity contribution in [2.24, 2.45) is 0 Å². The maximum Gasteiger partial charge on any atom is 0.177 e. The zero-order chi connectivity index (χ0) is 29.5. The molecule has 0 bridgehead atoms. The molecule has 0 atom stereocenters. The van der Waals surface area contributed by atoms with Gasteiger partial charge in [-0.1, -0.05) is 63.8 Å². The lowest BCUT2D eigenvalue weighted by atomic mass is 10.1. The van der Waals surface area contributed by atoms with Gasteiger partial charge in [0.05, 0.1) is 42.1 Å². The quantitative estimate of drug-likeness (QED) is 0.168. The molecule has 0 radical (unpaired) electrons. The lowest BCUT2D eigenvalue weighted by molar-refractivity contribution is 0.347. The topological polar surface area (TPSA) is 104 Å². The molecule has 0 amide bonds. The zero-order valence-corrected chi connectivity index (χ0v) is 24.6. The summed E-state index contributed by atoms with van der Waals surface area (Å²) in [5.74, 6) is 3.40. The molecule has 0 spiro atoms. The van der Waals surface area contributed by atoms with Crippen molar-refractivity contribution < 1.29 is 23.3 Å². The Kier molecular flexibility index (Phi) is 9.21. The maximum absolute atomic E-state index is 5.98. The van der Waals surface area contributed by atoms with Gasteiger partial charge in [-0.25, -0.2) is 0 Å². The highest BCUT2D eigenvalue weighted by atomic mass is 35.5. The van der Waals surface area contributed by atoms with E-state index >= 15 is 0 Å². The van der Waals surface area contributed by atoms with Crippen LogP contribution in [0.4, 0.5) is 11.6 Å². The van der Waals surface area contributed by atoms with Crippen LogP contribution in [0.2, 0.25) is 10.0 Å². The number of nitrogens with one attached hydrogen (secondary N) is 2. The van der Waals surface area contributed by atoms with E-state index in [-0.39, 0.29) is 0 Å².